The average molecular weight is 566 g/mol. The van der Waals surface area contributed by atoms with E-state index in [9.17, 15) is 4.79 Å². The Hall–Kier alpha value is -4.97. The lowest BCUT2D eigenvalue weighted by Crippen LogP contribution is -2.39. The highest BCUT2D eigenvalue weighted by atomic mass is 19.1. The molecule has 2 N–H and O–H groups in total. The van der Waals surface area contributed by atoms with Gasteiger partial charge >= 0.3 is 6.03 Å². The summed E-state index contributed by atoms with van der Waals surface area (Å²) >= 11 is 0. The minimum atomic E-state index is -0.484. The first-order valence-electron chi connectivity index (χ1n) is 14.2. The predicted molar refractivity (Wildman–Crippen MR) is 164 cm³/mol. The number of anilines is 2. The second-order valence-corrected chi connectivity index (χ2v) is 9.96. The number of hydrogen-bond donors (Lipinski definition) is 2. The van der Waals surface area contributed by atoms with Gasteiger partial charge in [0.2, 0.25) is 0 Å². The van der Waals surface area contributed by atoms with Crippen LogP contribution in [-0.4, -0.2) is 27.3 Å². The zero-order chi connectivity index (χ0) is 29.7. The number of carbonyl (C=O) groups excluding carboxylic acids is 1. The van der Waals surface area contributed by atoms with Gasteiger partial charge in [-0.2, -0.15) is 10.4 Å². The van der Waals surface area contributed by atoms with Crippen molar-refractivity contribution in [3.63, 3.8) is 0 Å². The largest absolute Gasteiger partial charge is 0.370 e. The van der Waals surface area contributed by atoms with Crippen LogP contribution in [0.25, 0.3) is 11.1 Å². The van der Waals surface area contributed by atoms with Gasteiger partial charge in [0.05, 0.1) is 17.4 Å². The quantitative estimate of drug-likeness (QED) is 0.167. The van der Waals surface area contributed by atoms with Crippen LogP contribution in [0.2, 0.25) is 0 Å². The summed E-state index contributed by atoms with van der Waals surface area (Å²) < 4.78 is 17.4. The van der Waals surface area contributed by atoms with Crippen LogP contribution in [0.5, 0.6) is 0 Å². The van der Waals surface area contributed by atoms with E-state index < -0.39 is 5.82 Å². The highest BCUT2D eigenvalue weighted by Gasteiger charge is 2.23. The molecule has 2 amide bonds. The van der Waals surface area contributed by atoms with Crippen molar-refractivity contribution in [2.45, 2.75) is 45.6 Å². The molecule has 4 aromatic rings. The van der Waals surface area contributed by atoms with Crippen molar-refractivity contribution in [3.05, 3.63) is 108 Å². The van der Waals surface area contributed by atoms with Gasteiger partial charge in [-0.25, -0.2) is 14.2 Å². The number of hydrogen-bond acceptors (Lipinski definition) is 5. The Morgan fingerprint density at radius 2 is 1.93 bits per heavy atom. The number of nitriles is 1. The molecule has 216 valence electrons. The number of nitrogens with one attached hydrogen (secondary N) is 2. The van der Waals surface area contributed by atoms with Crippen molar-refractivity contribution in [1.82, 2.24) is 20.1 Å². The van der Waals surface area contributed by atoms with E-state index in [0.717, 1.165) is 42.5 Å². The third-order valence-corrected chi connectivity index (χ3v) is 6.73. The molecule has 2 aromatic carbocycles. The highest BCUT2D eigenvalue weighted by molar-refractivity contribution is 5.95. The second-order valence-electron chi connectivity index (χ2n) is 9.96. The summed E-state index contributed by atoms with van der Waals surface area (Å²) in [6.07, 6.45) is 10.9. The molecule has 0 aliphatic carbocycles. The summed E-state index contributed by atoms with van der Waals surface area (Å²) in [5, 5.41) is 19.4. The number of aromatic nitrogens is 3. The maximum Gasteiger partial charge on any atom is 0.326 e. The summed E-state index contributed by atoms with van der Waals surface area (Å²) in [6, 6.07) is 19.8. The molecule has 0 atom stereocenters. The molecule has 0 unspecified atom stereocenters. The van der Waals surface area contributed by atoms with Crippen LogP contribution in [-0.2, 0) is 13.6 Å². The fourth-order valence-corrected chi connectivity index (χ4v) is 4.51. The van der Waals surface area contributed by atoms with E-state index in [0.29, 0.717) is 36.5 Å². The third kappa shape index (κ3) is 8.27. The normalized spacial score (nSPS) is 11.1. The standard InChI is InChI=1S/C33H36FN7O/c1-3-4-12-29(13-8-9-18-36-32-17-14-26(20-35)22-37-32)41(33(42)38-21-25-10-6-5-7-11-25)31-16-15-27(19-30(31)34)28-23-39-40(2)24-28/h5-7,10-12,14-17,19,22-24H,3-4,8-9,13,18,21H2,1-2H3,(H,36,37)(H,38,42)/b29-12-. The summed E-state index contributed by atoms with van der Waals surface area (Å²) in [5.41, 5.74) is 3.92. The van der Waals surface area contributed by atoms with Crippen molar-refractivity contribution in [1.29, 1.82) is 5.26 Å². The minimum absolute atomic E-state index is 0.204. The van der Waals surface area contributed by atoms with Crippen LogP contribution in [0.3, 0.4) is 0 Å². The van der Waals surface area contributed by atoms with Gasteiger partial charge in [-0.05, 0) is 61.1 Å². The lowest BCUT2D eigenvalue weighted by molar-refractivity contribution is 0.247. The molecule has 0 aliphatic heterocycles. The summed E-state index contributed by atoms with van der Waals surface area (Å²) in [6.45, 7) is 3.08. The number of nitrogens with zero attached hydrogens (tertiary/aromatic N) is 5. The molecule has 8 nitrogen and oxygen atoms in total. The molecular weight excluding hydrogens is 529 g/mol. The SMILES string of the molecule is CCC/C=C(/CCCCNc1ccc(C#N)cn1)N(C(=O)NCc1ccccc1)c1ccc(-c2cnn(C)c2)cc1F. The number of unbranched alkanes of at least 4 members (excludes halogenated alkanes) is 2. The molecule has 0 saturated heterocycles. The highest BCUT2D eigenvalue weighted by Crippen LogP contribution is 2.30. The molecular formula is C33H36FN7O. The van der Waals surface area contributed by atoms with Crippen molar-refractivity contribution in [2.24, 2.45) is 7.05 Å². The van der Waals surface area contributed by atoms with Crippen LogP contribution in [0.1, 0.15) is 50.2 Å². The number of urea groups is 1. The maximum absolute atomic E-state index is 15.8. The monoisotopic (exact) mass is 565 g/mol. The Balaban J connectivity index is 1.52. The molecule has 0 radical (unpaired) electrons. The van der Waals surface area contributed by atoms with Gasteiger partial charge in [0, 0.05) is 43.8 Å². The van der Waals surface area contributed by atoms with Gasteiger partial charge < -0.3 is 10.6 Å². The smallest absolute Gasteiger partial charge is 0.326 e. The molecule has 2 heterocycles. The maximum atomic E-state index is 15.8. The van der Waals surface area contributed by atoms with E-state index in [2.05, 4.69) is 33.7 Å². The number of halogens is 1. The van der Waals surface area contributed by atoms with Gasteiger partial charge in [0.1, 0.15) is 17.7 Å². The van der Waals surface area contributed by atoms with Gasteiger partial charge in [-0.1, -0.05) is 55.8 Å². The summed E-state index contributed by atoms with van der Waals surface area (Å²) in [4.78, 5) is 19.4. The summed E-state index contributed by atoms with van der Waals surface area (Å²) in [5.74, 6) is 0.218. The number of allylic oxidation sites excluding steroid dienone is 2. The van der Waals surface area contributed by atoms with E-state index >= 15 is 4.39 Å². The van der Waals surface area contributed by atoms with Crippen molar-refractivity contribution >= 4 is 17.5 Å². The number of benzene rings is 2. The zero-order valence-corrected chi connectivity index (χ0v) is 24.1. The van der Waals surface area contributed by atoms with Gasteiger partial charge in [-0.15, -0.1) is 0 Å². The van der Waals surface area contributed by atoms with E-state index in [-0.39, 0.29) is 11.7 Å². The van der Waals surface area contributed by atoms with Crippen LogP contribution in [0.15, 0.2) is 91.0 Å². The number of aryl methyl sites for hydroxylation is 1. The molecule has 4 rings (SSSR count). The fourth-order valence-electron chi connectivity index (χ4n) is 4.51. The van der Waals surface area contributed by atoms with Crippen LogP contribution < -0.4 is 15.5 Å². The summed E-state index contributed by atoms with van der Waals surface area (Å²) in [7, 11) is 1.81. The first-order chi connectivity index (χ1) is 20.5. The number of pyridine rings is 1. The molecule has 0 bridgehead atoms. The second kappa shape index (κ2) is 15.1. The van der Waals surface area contributed by atoms with Crippen molar-refractivity contribution in [2.75, 3.05) is 16.8 Å². The van der Waals surface area contributed by atoms with Gasteiger partial charge in [0.25, 0.3) is 0 Å². The lowest BCUT2D eigenvalue weighted by atomic mass is 10.1. The zero-order valence-electron chi connectivity index (χ0n) is 24.1. The molecule has 9 heteroatoms. The molecule has 0 saturated carbocycles. The minimum Gasteiger partial charge on any atom is -0.370 e. The third-order valence-electron chi connectivity index (χ3n) is 6.73. The Morgan fingerprint density at radius 3 is 2.60 bits per heavy atom. The molecule has 0 spiro atoms. The number of carbonyl (C=O) groups is 1. The van der Waals surface area contributed by atoms with Crippen LogP contribution >= 0.6 is 0 Å². The van der Waals surface area contributed by atoms with Crippen LogP contribution in [0, 0.1) is 17.1 Å². The molecule has 2 aromatic heterocycles. The van der Waals surface area contributed by atoms with Gasteiger partial charge in [-0.3, -0.25) is 9.58 Å². The van der Waals surface area contributed by atoms with E-state index in [1.807, 2.05) is 55.7 Å². The topological polar surface area (TPSA) is 98.9 Å². The van der Waals surface area contributed by atoms with E-state index in [1.54, 1.807) is 29.1 Å². The fraction of sp³-hybridized carbons (Fsp3) is 0.273. The lowest BCUT2D eigenvalue weighted by Gasteiger charge is -2.27. The predicted octanol–water partition coefficient (Wildman–Crippen LogP) is 7.18. The Kier molecular flexibility index (Phi) is 10.8. The first kappa shape index (κ1) is 30.0. The Labute approximate surface area is 246 Å². The van der Waals surface area contributed by atoms with E-state index in [1.165, 1.54) is 17.2 Å². The molecule has 42 heavy (non-hydrogen) atoms. The number of rotatable bonds is 13. The van der Waals surface area contributed by atoms with Gasteiger partial charge in [0.15, 0.2) is 0 Å². The Bertz CT molecular complexity index is 1520. The van der Waals surface area contributed by atoms with Crippen LogP contribution in [0.4, 0.5) is 20.7 Å². The average Bonchev–Trinajstić information content (AvgIpc) is 3.46. The number of amides is 2. The van der Waals surface area contributed by atoms with E-state index in [4.69, 9.17) is 5.26 Å². The molecule has 0 fully saturated rings. The first-order valence-corrected chi connectivity index (χ1v) is 14.2. The van der Waals surface area contributed by atoms with Crippen molar-refractivity contribution < 1.29 is 9.18 Å². The van der Waals surface area contributed by atoms with Crippen molar-refractivity contribution in [3.8, 4) is 17.2 Å². The molecule has 0 aliphatic rings. The Morgan fingerprint density at radius 1 is 1.10 bits per heavy atom.